The number of rotatable bonds is 8. The average Bonchev–Trinajstić information content (AvgIpc) is 3.27. The molecule has 3 rings (SSSR count). The number of piperidine rings is 1. The van der Waals surface area contributed by atoms with Crippen LogP contribution in [-0.4, -0.2) is 54.4 Å². The lowest BCUT2D eigenvalue weighted by molar-refractivity contribution is -0.146. The number of methoxy groups -OCH3 is 1. The molecule has 2 aromatic rings. The van der Waals surface area contributed by atoms with E-state index in [1.807, 2.05) is 20.8 Å². The van der Waals surface area contributed by atoms with Crippen molar-refractivity contribution in [2.24, 2.45) is 11.3 Å². The van der Waals surface area contributed by atoms with Crippen LogP contribution in [-0.2, 0) is 19.1 Å². The van der Waals surface area contributed by atoms with E-state index in [1.54, 1.807) is 18.2 Å². The Balaban J connectivity index is 1.80. The second-order valence-corrected chi connectivity index (χ2v) is 11.1. The van der Waals surface area contributed by atoms with Crippen LogP contribution in [0.3, 0.4) is 0 Å². The average molecular weight is 539 g/mol. The van der Waals surface area contributed by atoms with Crippen molar-refractivity contribution in [3.8, 4) is 0 Å². The van der Waals surface area contributed by atoms with Crippen molar-refractivity contribution in [2.75, 3.05) is 13.7 Å². The number of carbonyl (C=O) groups is 4. The van der Waals surface area contributed by atoms with Crippen LogP contribution in [0.25, 0.3) is 10.9 Å². The lowest BCUT2D eigenvalue weighted by Gasteiger charge is -2.29. The zero-order chi connectivity index (χ0) is 26.6. The third-order valence-corrected chi connectivity index (χ3v) is 6.74. The number of nitrogens with one attached hydrogen (secondary N) is 4. The van der Waals surface area contributed by atoms with E-state index < -0.39 is 35.8 Å². The topological polar surface area (TPSA) is 129 Å². The fourth-order valence-corrected chi connectivity index (χ4v) is 4.73. The van der Waals surface area contributed by atoms with Gasteiger partial charge in [-0.1, -0.05) is 44.0 Å². The minimum atomic E-state index is -1.03. The number of hydrogen-bond donors (Lipinski definition) is 4. The predicted octanol–water partition coefficient (Wildman–Crippen LogP) is 3.58. The molecule has 2 heterocycles. The maximum absolute atomic E-state index is 13.3. The van der Waals surface area contributed by atoms with Gasteiger partial charge in [0.05, 0.1) is 22.7 Å². The highest BCUT2D eigenvalue weighted by atomic mass is 35.5. The number of hydrogen-bond acceptors (Lipinski definition) is 5. The Hall–Kier alpha value is -2.78. The first kappa shape index (κ1) is 27.8. The van der Waals surface area contributed by atoms with Gasteiger partial charge < -0.3 is 25.7 Å². The Morgan fingerprint density at radius 3 is 2.44 bits per heavy atom. The van der Waals surface area contributed by atoms with Crippen molar-refractivity contribution in [2.45, 2.75) is 58.5 Å². The van der Waals surface area contributed by atoms with E-state index >= 15 is 0 Å². The van der Waals surface area contributed by atoms with Gasteiger partial charge in [-0.05, 0) is 49.3 Å². The van der Waals surface area contributed by atoms with Crippen LogP contribution < -0.4 is 16.0 Å². The second kappa shape index (κ2) is 11.5. The molecule has 11 heteroatoms. The van der Waals surface area contributed by atoms with Crippen molar-refractivity contribution < 1.29 is 23.9 Å². The van der Waals surface area contributed by atoms with E-state index in [9.17, 15) is 19.2 Å². The smallest absolute Gasteiger partial charge is 0.328 e. The zero-order valence-electron chi connectivity index (χ0n) is 20.8. The van der Waals surface area contributed by atoms with Gasteiger partial charge in [0, 0.05) is 17.8 Å². The van der Waals surface area contributed by atoms with Crippen LogP contribution >= 0.6 is 23.2 Å². The van der Waals surface area contributed by atoms with Crippen molar-refractivity contribution in [1.82, 2.24) is 20.9 Å². The van der Waals surface area contributed by atoms with Crippen LogP contribution in [0.2, 0.25) is 10.0 Å². The summed E-state index contributed by atoms with van der Waals surface area (Å²) < 4.78 is 4.87. The quantitative estimate of drug-likeness (QED) is 0.381. The highest BCUT2D eigenvalue weighted by Gasteiger charge is 2.34. The van der Waals surface area contributed by atoms with Crippen molar-refractivity contribution in [3.63, 3.8) is 0 Å². The van der Waals surface area contributed by atoms with E-state index in [4.69, 9.17) is 27.9 Å². The zero-order valence-corrected chi connectivity index (χ0v) is 22.3. The molecule has 36 heavy (non-hydrogen) atoms. The summed E-state index contributed by atoms with van der Waals surface area (Å²) in [7, 11) is 1.23. The number of fused-ring (bicyclic) bond motifs is 1. The largest absolute Gasteiger partial charge is 0.467 e. The summed E-state index contributed by atoms with van der Waals surface area (Å²) >= 11 is 12.5. The number of benzene rings is 1. The molecule has 1 aromatic heterocycles. The van der Waals surface area contributed by atoms with Crippen LogP contribution in [0.1, 0.15) is 56.9 Å². The number of amides is 3. The highest BCUT2D eigenvalue weighted by molar-refractivity contribution is 6.40. The summed E-state index contributed by atoms with van der Waals surface area (Å²) in [5.41, 5.74) is 0.379. The molecule has 0 spiro atoms. The van der Waals surface area contributed by atoms with Gasteiger partial charge in [-0.3, -0.25) is 14.4 Å². The summed E-state index contributed by atoms with van der Waals surface area (Å²) in [6.07, 6.45) is 1.81. The molecule has 9 nitrogen and oxygen atoms in total. The summed E-state index contributed by atoms with van der Waals surface area (Å²) in [5, 5.41) is 9.67. The lowest BCUT2D eigenvalue weighted by atomic mass is 9.87. The van der Waals surface area contributed by atoms with E-state index in [-0.39, 0.29) is 23.4 Å². The number of H-pyrrole nitrogens is 1. The molecule has 1 aliphatic heterocycles. The Bertz CT molecular complexity index is 1120. The minimum Gasteiger partial charge on any atom is -0.467 e. The number of aromatic amines is 1. The first-order valence-corrected chi connectivity index (χ1v) is 12.6. The molecule has 3 amide bonds. The highest BCUT2D eigenvalue weighted by Crippen LogP contribution is 2.30. The van der Waals surface area contributed by atoms with Gasteiger partial charge in [0.25, 0.3) is 5.91 Å². The predicted molar refractivity (Wildman–Crippen MR) is 138 cm³/mol. The molecular weight excluding hydrogens is 507 g/mol. The maximum Gasteiger partial charge on any atom is 0.328 e. The standard InChI is InChI=1S/C25H32Cl2N4O5/c1-25(2,3)12-19(31-22(33)17-11-14-15(26)7-8-16(27)20(14)29-17)23(34)30-18(24(35)36-4)10-13-6-5-9-28-21(13)32/h7-8,11,13,18-19,29H,5-6,9-10,12H2,1-4H3,(H,28,32)(H,30,34)(H,31,33)/t13-,18?,19?/m0/s1. The number of esters is 1. The fraction of sp³-hybridized carbons (Fsp3) is 0.520. The monoisotopic (exact) mass is 538 g/mol. The molecule has 4 N–H and O–H groups in total. The molecule has 0 bridgehead atoms. The van der Waals surface area contributed by atoms with Gasteiger partial charge in [-0.15, -0.1) is 0 Å². The number of ether oxygens (including phenoxy) is 1. The van der Waals surface area contributed by atoms with Crippen LogP contribution in [0, 0.1) is 11.3 Å². The minimum absolute atomic E-state index is 0.111. The maximum atomic E-state index is 13.3. The molecule has 0 saturated carbocycles. The molecule has 0 radical (unpaired) electrons. The van der Waals surface area contributed by atoms with E-state index in [1.165, 1.54) is 7.11 Å². The molecular formula is C25H32Cl2N4O5. The van der Waals surface area contributed by atoms with Gasteiger partial charge in [0.2, 0.25) is 11.8 Å². The van der Waals surface area contributed by atoms with Gasteiger partial charge in [0.15, 0.2) is 0 Å². The van der Waals surface area contributed by atoms with Crippen molar-refractivity contribution in [1.29, 1.82) is 0 Å². The van der Waals surface area contributed by atoms with Gasteiger partial charge >= 0.3 is 5.97 Å². The molecule has 2 unspecified atom stereocenters. The first-order valence-electron chi connectivity index (χ1n) is 11.8. The van der Waals surface area contributed by atoms with E-state index in [0.717, 1.165) is 6.42 Å². The summed E-state index contributed by atoms with van der Waals surface area (Å²) in [4.78, 5) is 54.1. The van der Waals surface area contributed by atoms with E-state index in [2.05, 4.69) is 20.9 Å². The first-order chi connectivity index (χ1) is 16.9. The Labute approximate surface area is 220 Å². The molecule has 0 aliphatic carbocycles. The van der Waals surface area contributed by atoms with Gasteiger partial charge in [-0.2, -0.15) is 0 Å². The van der Waals surface area contributed by atoms with E-state index in [0.29, 0.717) is 40.3 Å². The summed E-state index contributed by atoms with van der Waals surface area (Å²) in [6.45, 7) is 6.40. The normalized spacial score (nSPS) is 17.7. The van der Waals surface area contributed by atoms with Crippen molar-refractivity contribution in [3.05, 3.63) is 33.9 Å². The van der Waals surface area contributed by atoms with Gasteiger partial charge in [0.1, 0.15) is 17.8 Å². The number of aromatic nitrogens is 1. The summed E-state index contributed by atoms with van der Waals surface area (Å²) in [6, 6.07) is 2.85. The molecule has 1 fully saturated rings. The molecule has 196 valence electrons. The Morgan fingerprint density at radius 2 is 1.83 bits per heavy atom. The van der Waals surface area contributed by atoms with Crippen LogP contribution in [0.4, 0.5) is 0 Å². The SMILES string of the molecule is COC(=O)C(C[C@@H]1CCCNC1=O)NC(=O)C(CC(C)(C)C)NC(=O)c1cc2c(Cl)ccc(Cl)c2[nH]1. The Morgan fingerprint density at radius 1 is 1.14 bits per heavy atom. The second-order valence-electron chi connectivity index (χ2n) is 10.2. The Kier molecular flexibility index (Phi) is 8.89. The summed E-state index contributed by atoms with van der Waals surface area (Å²) in [5.74, 6) is -2.29. The molecule has 1 saturated heterocycles. The van der Waals surface area contributed by atoms with Gasteiger partial charge in [-0.25, -0.2) is 4.79 Å². The fourth-order valence-electron chi connectivity index (χ4n) is 4.30. The van der Waals surface area contributed by atoms with Crippen LogP contribution in [0.5, 0.6) is 0 Å². The lowest BCUT2D eigenvalue weighted by Crippen LogP contribution is -2.54. The molecule has 1 aliphatic rings. The van der Waals surface area contributed by atoms with Crippen molar-refractivity contribution >= 4 is 57.8 Å². The third kappa shape index (κ3) is 6.91. The van der Waals surface area contributed by atoms with Crippen LogP contribution in [0.15, 0.2) is 18.2 Å². The number of halogens is 2. The number of carbonyl (C=O) groups excluding carboxylic acids is 4. The molecule has 1 aromatic carbocycles. The molecule has 3 atom stereocenters. The third-order valence-electron chi connectivity index (χ3n) is 6.09.